The molecule has 1 fully saturated rings. The number of hydrogen-bond acceptors (Lipinski definition) is 4. The normalized spacial score (nSPS) is 18.6. The predicted molar refractivity (Wildman–Crippen MR) is 71.2 cm³/mol. The molecule has 1 heterocycles. The molecule has 1 atom stereocenters. The summed E-state index contributed by atoms with van der Waals surface area (Å²) in [4.78, 5) is 35.7. The Hall–Kier alpha value is -2.44. The zero-order valence-electron chi connectivity index (χ0n) is 11.0. The van der Waals surface area contributed by atoms with Crippen molar-refractivity contribution < 1.29 is 14.5 Å². The SMILES string of the molecule is CCC1C(=O)NCCN1C(=O)c1ccc([N+](=O)[O-])cc1. The summed E-state index contributed by atoms with van der Waals surface area (Å²) in [6.07, 6.45) is 0.532. The number of hydrogen-bond donors (Lipinski definition) is 1. The average Bonchev–Trinajstić information content (AvgIpc) is 2.46. The average molecular weight is 277 g/mol. The summed E-state index contributed by atoms with van der Waals surface area (Å²) in [5.41, 5.74) is 0.286. The monoisotopic (exact) mass is 277 g/mol. The number of nitrogens with zero attached hydrogens (tertiary/aromatic N) is 2. The van der Waals surface area contributed by atoms with Crippen LogP contribution in [-0.4, -0.2) is 40.8 Å². The Morgan fingerprint density at radius 3 is 2.65 bits per heavy atom. The second-order valence-electron chi connectivity index (χ2n) is 4.52. The van der Waals surface area contributed by atoms with E-state index in [0.29, 0.717) is 25.1 Å². The van der Waals surface area contributed by atoms with E-state index < -0.39 is 11.0 Å². The molecule has 1 aromatic carbocycles. The van der Waals surface area contributed by atoms with E-state index in [1.54, 1.807) is 0 Å². The van der Waals surface area contributed by atoms with Crippen molar-refractivity contribution in [2.24, 2.45) is 0 Å². The van der Waals surface area contributed by atoms with Crippen LogP contribution in [0, 0.1) is 10.1 Å². The standard InChI is InChI=1S/C13H15N3O4/c1-2-11-12(17)14-7-8-15(11)13(18)9-3-5-10(6-4-9)16(19)20/h3-6,11H,2,7-8H2,1H3,(H,14,17). The van der Waals surface area contributed by atoms with E-state index in [1.165, 1.54) is 29.2 Å². The summed E-state index contributed by atoms with van der Waals surface area (Å²) >= 11 is 0. The number of benzene rings is 1. The number of carbonyl (C=O) groups excluding carboxylic acids is 2. The molecule has 0 bridgehead atoms. The van der Waals surface area contributed by atoms with E-state index in [1.807, 2.05) is 6.92 Å². The summed E-state index contributed by atoms with van der Waals surface area (Å²) in [5.74, 6) is -0.435. The summed E-state index contributed by atoms with van der Waals surface area (Å²) in [7, 11) is 0. The maximum atomic E-state index is 12.4. The summed E-state index contributed by atoms with van der Waals surface area (Å²) in [6, 6.07) is 4.93. The summed E-state index contributed by atoms with van der Waals surface area (Å²) in [5, 5.41) is 13.3. The molecule has 1 aromatic rings. The van der Waals surface area contributed by atoms with Crippen LogP contribution in [0.4, 0.5) is 5.69 Å². The molecule has 0 spiro atoms. The van der Waals surface area contributed by atoms with Gasteiger partial charge in [0.15, 0.2) is 0 Å². The third-order valence-corrected chi connectivity index (χ3v) is 3.30. The highest BCUT2D eigenvalue weighted by Crippen LogP contribution is 2.17. The maximum Gasteiger partial charge on any atom is 0.269 e. The second-order valence-corrected chi connectivity index (χ2v) is 4.52. The van der Waals surface area contributed by atoms with Crippen molar-refractivity contribution in [1.82, 2.24) is 10.2 Å². The van der Waals surface area contributed by atoms with Gasteiger partial charge in [-0.15, -0.1) is 0 Å². The van der Waals surface area contributed by atoms with Crippen LogP contribution in [0.25, 0.3) is 0 Å². The van der Waals surface area contributed by atoms with Crippen molar-refractivity contribution in [3.8, 4) is 0 Å². The first kappa shape index (κ1) is 14.0. The van der Waals surface area contributed by atoms with Crippen LogP contribution in [0.15, 0.2) is 24.3 Å². The van der Waals surface area contributed by atoms with Gasteiger partial charge in [-0.25, -0.2) is 0 Å². The van der Waals surface area contributed by atoms with Gasteiger partial charge in [0, 0.05) is 30.8 Å². The Morgan fingerprint density at radius 1 is 1.45 bits per heavy atom. The number of carbonyl (C=O) groups is 2. The van der Waals surface area contributed by atoms with E-state index in [2.05, 4.69) is 5.32 Å². The third-order valence-electron chi connectivity index (χ3n) is 3.30. The summed E-state index contributed by atoms with van der Waals surface area (Å²) in [6.45, 7) is 2.71. The van der Waals surface area contributed by atoms with Gasteiger partial charge in [0.05, 0.1) is 4.92 Å². The zero-order chi connectivity index (χ0) is 14.7. The molecule has 2 amide bonds. The van der Waals surface area contributed by atoms with Gasteiger partial charge in [-0.2, -0.15) is 0 Å². The molecule has 0 aromatic heterocycles. The Morgan fingerprint density at radius 2 is 2.10 bits per heavy atom. The first-order chi connectivity index (χ1) is 9.54. The van der Waals surface area contributed by atoms with Gasteiger partial charge >= 0.3 is 0 Å². The van der Waals surface area contributed by atoms with Crippen molar-refractivity contribution in [1.29, 1.82) is 0 Å². The van der Waals surface area contributed by atoms with E-state index in [4.69, 9.17) is 0 Å². The number of non-ortho nitro benzene ring substituents is 1. The van der Waals surface area contributed by atoms with Crippen LogP contribution < -0.4 is 5.32 Å². The Bertz CT molecular complexity index is 541. The van der Waals surface area contributed by atoms with E-state index in [-0.39, 0.29) is 17.5 Å². The topological polar surface area (TPSA) is 92.6 Å². The van der Waals surface area contributed by atoms with Crippen molar-refractivity contribution in [2.45, 2.75) is 19.4 Å². The fourth-order valence-electron chi connectivity index (χ4n) is 2.26. The van der Waals surface area contributed by atoms with Gasteiger partial charge in [0.1, 0.15) is 6.04 Å². The molecule has 0 saturated carbocycles. The van der Waals surface area contributed by atoms with Crippen LogP contribution in [0.2, 0.25) is 0 Å². The lowest BCUT2D eigenvalue weighted by atomic mass is 10.1. The highest BCUT2D eigenvalue weighted by atomic mass is 16.6. The fourth-order valence-corrected chi connectivity index (χ4v) is 2.26. The summed E-state index contributed by atoms with van der Waals surface area (Å²) < 4.78 is 0. The minimum Gasteiger partial charge on any atom is -0.353 e. The lowest BCUT2D eigenvalue weighted by Gasteiger charge is -2.34. The molecule has 106 valence electrons. The van der Waals surface area contributed by atoms with Crippen molar-refractivity contribution in [2.75, 3.05) is 13.1 Å². The molecular formula is C13H15N3O4. The Labute approximate surface area is 115 Å². The quantitative estimate of drug-likeness (QED) is 0.657. The van der Waals surface area contributed by atoms with Crippen LogP contribution in [0.3, 0.4) is 0 Å². The van der Waals surface area contributed by atoms with Gasteiger partial charge in [-0.05, 0) is 18.6 Å². The molecule has 2 rings (SSSR count). The lowest BCUT2D eigenvalue weighted by molar-refractivity contribution is -0.384. The van der Waals surface area contributed by atoms with Gasteiger partial charge in [-0.1, -0.05) is 6.92 Å². The van der Waals surface area contributed by atoms with Crippen molar-refractivity contribution in [3.05, 3.63) is 39.9 Å². The molecule has 20 heavy (non-hydrogen) atoms. The number of nitro benzene ring substituents is 1. The number of nitrogens with one attached hydrogen (secondary N) is 1. The molecule has 1 aliphatic rings. The fraction of sp³-hybridized carbons (Fsp3) is 0.385. The second kappa shape index (κ2) is 5.68. The lowest BCUT2D eigenvalue weighted by Crippen LogP contribution is -2.56. The van der Waals surface area contributed by atoms with E-state index >= 15 is 0 Å². The number of nitro groups is 1. The predicted octanol–water partition coefficient (Wildman–Crippen LogP) is 0.945. The smallest absolute Gasteiger partial charge is 0.269 e. The van der Waals surface area contributed by atoms with Crippen LogP contribution in [0.5, 0.6) is 0 Å². The van der Waals surface area contributed by atoms with E-state index in [0.717, 1.165) is 0 Å². The molecule has 1 aliphatic heterocycles. The highest BCUT2D eigenvalue weighted by Gasteiger charge is 2.32. The molecular weight excluding hydrogens is 262 g/mol. The molecule has 7 nitrogen and oxygen atoms in total. The molecule has 1 saturated heterocycles. The molecule has 0 radical (unpaired) electrons. The van der Waals surface area contributed by atoms with Crippen LogP contribution in [-0.2, 0) is 4.79 Å². The first-order valence-electron chi connectivity index (χ1n) is 6.37. The van der Waals surface area contributed by atoms with Crippen LogP contribution >= 0.6 is 0 Å². The van der Waals surface area contributed by atoms with E-state index in [9.17, 15) is 19.7 Å². The van der Waals surface area contributed by atoms with Gasteiger partial charge < -0.3 is 10.2 Å². The molecule has 7 heteroatoms. The third kappa shape index (κ3) is 2.61. The van der Waals surface area contributed by atoms with Gasteiger partial charge in [0.25, 0.3) is 11.6 Å². The van der Waals surface area contributed by atoms with Gasteiger partial charge in [0.2, 0.25) is 5.91 Å². The maximum absolute atomic E-state index is 12.4. The highest BCUT2D eigenvalue weighted by molar-refractivity contribution is 5.98. The minimum atomic E-state index is -0.516. The first-order valence-corrected chi connectivity index (χ1v) is 6.37. The number of piperazine rings is 1. The number of amides is 2. The van der Waals surface area contributed by atoms with Crippen molar-refractivity contribution >= 4 is 17.5 Å². The number of rotatable bonds is 3. The largest absolute Gasteiger partial charge is 0.353 e. The molecule has 1 N–H and O–H groups in total. The molecule has 1 unspecified atom stereocenters. The van der Waals surface area contributed by atoms with Crippen molar-refractivity contribution in [3.63, 3.8) is 0 Å². The van der Waals surface area contributed by atoms with Gasteiger partial charge in [-0.3, -0.25) is 19.7 Å². The van der Waals surface area contributed by atoms with Crippen LogP contribution in [0.1, 0.15) is 23.7 Å². The minimum absolute atomic E-state index is 0.0648. The Balaban J connectivity index is 2.21. The molecule has 0 aliphatic carbocycles. The Kier molecular flexibility index (Phi) is 3.97. The zero-order valence-corrected chi connectivity index (χ0v) is 11.0.